The monoisotopic (exact) mass is 732 g/mol. The Morgan fingerprint density at radius 1 is 0.453 bits per heavy atom. The Labute approximate surface area is 314 Å². The van der Waals surface area contributed by atoms with E-state index in [2.05, 4.69) is 0 Å². The SMILES string of the molecule is C1=Cc2nc1c(-c1ccccn1)c1ccc([n-]1)c(-c1ccccn1)c1nc(c(-c3ccccn3)c3ccc([n-]3)c2-c2ccccn2)C=C1.CC(=O)O.[Fe+2]. The summed E-state index contributed by atoms with van der Waals surface area (Å²) in [4.78, 5) is 48.7. The standard InChI is InChI=1S/C40H24N8.C2H4O2.Fe/c1-5-21-41-25(9-1)37-29-13-15-31(45-29)38(26-10-2-6-22-42-26)33-17-19-35(47-33)40(28-12-4-8-24-44-28)36-20-18-34(48-36)39(27-11-3-7-23-43-27)32-16-14-30(37)46-32;1-2(3)4;/h1-24H;1H3,(H,3,4);/q-2;;+2. The number of carbonyl (C=O) groups is 1. The van der Waals surface area contributed by atoms with E-state index in [9.17, 15) is 0 Å². The molecule has 7 aromatic rings. The molecular weight excluding hydrogens is 704 g/mol. The summed E-state index contributed by atoms with van der Waals surface area (Å²) in [7, 11) is 0. The van der Waals surface area contributed by atoms with Gasteiger partial charge in [-0.25, -0.2) is 9.97 Å². The zero-order valence-electron chi connectivity index (χ0n) is 28.1. The summed E-state index contributed by atoms with van der Waals surface area (Å²) in [5.74, 6) is -0.833. The van der Waals surface area contributed by atoms with Gasteiger partial charge in [0.05, 0.1) is 45.6 Å². The number of hydrogen-bond donors (Lipinski definition) is 1. The van der Waals surface area contributed by atoms with Crippen molar-refractivity contribution in [1.82, 2.24) is 39.9 Å². The Bertz CT molecular complexity index is 2300. The zero-order chi connectivity index (χ0) is 35.4. The average molecular weight is 733 g/mol. The van der Waals surface area contributed by atoms with Crippen LogP contribution in [0.1, 0.15) is 29.7 Å². The van der Waals surface area contributed by atoms with E-state index in [0.717, 1.165) is 96.8 Å². The number of rotatable bonds is 4. The van der Waals surface area contributed by atoms with Crippen molar-refractivity contribution in [2.45, 2.75) is 6.92 Å². The van der Waals surface area contributed by atoms with Crippen molar-refractivity contribution in [3.63, 3.8) is 0 Å². The van der Waals surface area contributed by atoms with Crippen LogP contribution in [0.4, 0.5) is 0 Å². The Balaban J connectivity index is 0.000000831. The maximum absolute atomic E-state index is 9.00. The van der Waals surface area contributed by atoms with Crippen LogP contribution in [0.25, 0.3) is 91.4 Å². The van der Waals surface area contributed by atoms with Crippen molar-refractivity contribution in [1.29, 1.82) is 0 Å². The molecule has 53 heavy (non-hydrogen) atoms. The van der Waals surface area contributed by atoms with E-state index in [4.69, 9.17) is 49.8 Å². The molecule has 8 bridgehead atoms. The molecule has 0 saturated heterocycles. The second-order valence-corrected chi connectivity index (χ2v) is 11.7. The minimum Gasteiger partial charge on any atom is -0.657 e. The second-order valence-electron chi connectivity index (χ2n) is 11.7. The Morgan fingerprint density at radius 2 is 0.698 bits per heavy atom. The fourth-order valence-electron chi connectivity index (χ4n) is 6.18. The fourth-order valence-corrected chi connectivity index (χ4v) is 6.18. The number of hydrogen-bond acceptors (Lipinski definition) is 7. The molecule has 10 nitrogen and oxygen atoms in total. The first-order valence-electron chi connectivity index (χ1n) is 16.4. The molecule has 11 heteroatoms. The van der Waals surface area contributed by atoms with E-state index in [0.29, 0.717) is 0 Å². The van der Waals surface area contributed by atoms with Crippen LogP contribution in [0.15, 0.2) is 122 Å². The van der Waals surface area contributed by atoms with Gasteiger partial charge in [0.2, 0.25) is 0 Å². The van der Waals surface area contributed by atoms with E-state index in [1.165, 1.54) is 0 Å². The number of aromatic nitrogens is 8. The Morgan fingerprint density at radius 3 is 0.906 bits per heavy atom. The third-order valence-corrected chi connectivity index (χ3v) is 8.29. The van der Waals surface area contributed by atoms with E-state index < -0.39 is 5.97 Å². The third kappa shape index (κ3) is 7.07. The van der Waals surface area contributed by atoms with E-state index in [1.807, 2.05) is 121 Å². The van der Waals surface area contributed by atoms with Crippen LogP contribution in [-0.4, -0.2) is 41.0 Å². The van der Waals surface area contributed by atoms with Gasteiger partial charge >= 0.3 is 17.1 Å². The molecule has 0 radical (unpaired) electrons. The minimum atomic E-state index is -0.833. The molecule has 0 unspecified atom stereocenters. The van der Waals surface area contributed by atoms with Crippen LogP contribution < -0.4 is 9.97 Å². The summed E-state index contributed by atoms with van der Waals surface area (Å²) >= 11 is 0. The second kappa shape index (κ2) is 15.2. The number of fused-ring (bicyclic) bond motifs is 8. The van der Waals surface area contributed by atoms with Crippen LogP contribution >= 0.6 is 0 Å². The quantitative estimate of drug-likeness (QED) is 0.176. The molecule has 0 fully saturated rings. The van der Waals surface area contributed by atoms with Gasteiger partial charge in [-0.2, -0.15) is 0 Å². The molecule has 9 heterocycles. The Hall–Kier alpha value is -6.81. The predicted octanol–water partition coefficient (Wildman–Crippen LogP) is 8.25. The predicted molar refractivity (Wildman–Crippen MR) is 203 cm³/mol. The topological polar surface area (TPSA) is 143 Å². The summed E-state index contributed by atoms with van der Waals surface area (Å²) in [5.41, 5.74) is 12.3. The van der Waals surface area contributed by atoms with Crippen molar-refractivity contribution < 1.29 is 27.0 Å². The smallest absolute Gasteiger partial charge is 0.657 e. The van der Waals surface area contributed by atoms with Crippen molar-refractivity contribution in [3.8, 4) is 45.0 Å². The van der Waals surface area contributed by atoms with Gasteiger partial charge in [-0.15, -0.1) is 22.1 Å². The van der Waals surface area contributed by atoms with Crippen molar-refractivity contribution >= 4 is 52.3 Å². The molecule has 0 atom stereocenters. The molecular formula is C42H28FeN8O2. The summed E-state index contributed by atoms with van der Waals surface area (Å²) in [5, 5.41) is 7.42. The number of pyridine rings is 4. The number of aliphatic carboxylic acids is 1. The van der Waals surface area contributed by atoms with Gasteiger partial charge in [0, 0.05) is 54.0 Å². The van der Waals surface area contributed by atoms with Crippen molar-refractivity contribution in [2.24, 2.45) is 0 Å². The van der Waals surface area contributed by atoms with Gasteiger partial charge in [0.15, 0.2) is 0 Å². The van der Waals surface area contributed by atoms with Gasteiger partial charge in [-0.05, 0) is 72.8 Å². The van der Waals surface area contributed by atoms with Gasteiger partial charge in [0.25, 0.3) is 5.97 Å². The van der Waals surface area contributed by atoms with Crippen molar-refractivity contribution in [3.05, 3.63) is 145 Å². The van der Waals surface area contributed by atoms with Crippen LogP contribution in [-0.2, 0) is 21.9 Å². The van der Waals surface area contributed by atoms with Gasteiger partial charge in [-0.1, -0.05) is 48.5 Å². The van der Waals surface area contributed by atoms with Crippen molar-refractivity contribution in [2.75, 3.05) is 0 Å². The molecule has 7 aromatic heterocycles. The molecule has 0 amide bonds. The molecule has 256 valence electrons. The fraction of sp³-hybridized carbons (Fsp3) is 0.0238. The number of carboxylic acids is 1. The van der Waals surface area contributed by atoms with Crippen LogP contribution in [0.3, 0.4) is 0 Å². The van der Waals surface area contributed by atoms with E-state index >= 15 is 0 Å². The molecule has 9 rings (SSSR count). The molecule has 0 spiro atoms. The average Bonchev–Trinajstić information content (AvgIpc) is 4.01. The van der Waals surface area contributed by atoms with Crippen LogP contribution in [0.5, 0.6) is 0 Å². The normalized spacial score (nSPS) is 11.3. The first kappa shape index (κ1) is 34.6. The van der Waals surface area contributed by atoms with Gasteiger partial charge < -0.3 is 15.1 Å². The summed E-state index contributed by atoms with van der Waals surface area (Å²) in [6.45, 7) is 1.08. The minimum absolute atomic E-state index is 0. The van der Waals surface area contributed by atoms with Crippen LogP contribution in [0, 0.1) is 0 Å². The van der Waals surface area contributed by atoms with E-state index in [1.54, 1.807) is 24.8 Å². The van der Waals surface area contributed by atoms with Crippen LogP contribution in [0.2, 0.25) is 0 Å². The molecule has 2 aliphatic heterocycles. The van der Waals surface area contributed by atoms with Gasteiger partial charge in [-0.3, -0.25) is 24.7 Å². The first-order chi connectivity index (χ1) is 25.5. The maximum Gasteiger partial charge on any atom is 2.00 e. The number of carboxylic acid groups (broad SMARTS) is 1. The summed E-state index contributed by atoms with van der Waals surface area (Å²) < 4.78 is 0. The van der Waals surface area contributed by atoms with E-state index in [-0.39, 0.29) is 17.1 Å². The molecule has 1 N–H and O–H groups in total. The van der Waals surface area contributed by atoms with Gasteiger partial charge in [0.1, 0.15) is 0 Å². The number of nitrogens with zero attached hydrogens (tertiary/aromatic N) is 8. The summed E-state index contributed by atoms with van der Waals surface area (Å²) in [6.07, 6.45) is 15.2. The molecule has 0 aliphatic carbocycles. The zero-order valence-corrected chi connectivity index (χ0v) is 29.2. The third-order valence-electron chi connectivity index (χ3n) is 8.29. The molecule has 0 saturated carbocycles. The first-order valence-corrected chi connectivity index (χ1v) is 16.4. The summed E-state index contributed by atoms with van der Waals surface area (Å²) in [6, 6.07) is 31.5. The maximum atomic E-state index is 9.00. The molecule has 0 aromatic carbocycles. The molecule has 2 aliphatic rings. The largest absolute Gasteiger partial charge is 2.00 e. The Kier molecular flexibility index (Phi) is 9.93.